The summed E-state index contributed by atoms with van der Waals surface area (Å²) in [6.45, 7) is 0. The van der Waals surface area contributed by atoms with E-state index in [1.54, 1.807) is 0 Å². The predicted octanol–water partition coefficient (Wildman–Crippen LogP) is 4.09. The maximum Gasteiger partial charge on any atom is 0.355 e. The van der Waals surface area contributed by atoms with Crippen LogP contribution in [0.5, 0.6) is 0 Å². The summed E-state index contributed by atoms with van der Waals surface area (Å²) in [6.07, 6.45) is 12.7. The van der Waals surface area contributed by atoms with Crippen LogP contribution in [0.4, 0.5) is 11.4 Å². The van der Waals surface area contributed by atoms with E-state index >= 15 is 0 Å². The molecule has 0 radical (unpaired) electrons. The van der Waals surface area contributed by atoms with Crippen LogP contribution in [0.15, 0.2) is 29.3 Å². The van der Waals surface area contributed by atoms with E-state index < -0.39 is 12.2 Å². The molecule has 6 nitrogen and oxygen atoms in total. The molecule has 1 aliphatic carbocycles. The average Bonchev–Trinajstić information content (AvgIpc) is 2.96. The van der Waals surface area contributed by atoms with Crippen molar-refractivity contribution in [3.63, 3.8) is 0 Å². The second-order valence-electron chi connectivity index (χ2n) is 9.53. The number of piperidine rings is 1. The maximum atomic E-state index is 11.7. The minimum Gasteiger partial charge on any atom is -0.477 e. The third kappa shape index (κ3) is 3.54. The molecule has 6 heteroatoms. The summed E-state index contributed by atoms with van der Waals surface area (Å²) in [5.41, 5.74) is 1.34. The number of aliphatic hydroxyl groups excluding tert-OH is 1. The number of carboxylic acid groups (broad SMARTS) is 1. The van der Waals surface area contributed by atoms with E-state index in [1.807, 2.05) is 29.2 Å². The minimum absolute atomic E-state index is 0.147. The van der Waals surface area contributed by atoms with E-state index in [-0.39, 0.29) is 11.8 Å². The van der Waals surface area contributed by atoms with Gasteiger partial charge < -0.3 is 15.1 Å². The van der Waals surface area contributed by atoms with Crippen molar-refractivity contribution in [3.8, 4) is 0 Å². The minimum atomic E-state index is -1.19. The van der Waals surface area contributed by atoms with Crippen molar-refractivity contribution in [1.29, 1.82) is 0 Å². The first kappa shape index (κ1) is 20.0. The average molecular weight is 412 g/mol. The molecule has 4 aliphatic rings. The Labute approximate surface area is 178 Å². The number of aliphatic hydroxyl groups is 1. The number of rotatable bonds is 3. The number of fused-ring (bicyclic) bond motifs is 3. The monoisotopic (exact) mass is 411 g/mol. The van der Waals surface area contributed by atoms with Crippen LogP contribution in [0.2, 0.25) is 0 Å². The van der Waals surface area contributed by atoms with Crippen molar-refractivity contribution < 1.29 is 15.0 Å². The molecule has 162 valence electrons. The van der Waals surface area contributed by atoms with Crippen LogP contribution in [0.1, 0.15) is 70.6 Å². The first-order chi connectivity index (χ1) is 14.6. The van der Waals surface area contributed by atoms with Gasteiger partial charge in [0.1, 0.15) is 0 Å². The number of benzene rings is 1. The summed E-state index contributed by atoms with van der Waals surface area (Å²) >= 11 is 0. The van der Waals surface area contributed by atoms with E-state index in [2.05, 4.69) is 9.89 Å². The van der Waals surface area contributed by atoms with Gasteiger partial charge in [-0.2, -0.15) is 0 Å². The van der Waals surface area contributed by atoms with Gasteiger partial charge in [0.05, 0.1) is 11.4 Å². The first-order valence-corrected chi connectivity index (χ1v) is 11.8. The number of hydrogen-bond donors (Lipinski definition) is 2. The highest BCUT2D eigenvalue weighted by Gasteiger charge is 2.47. The van der Waals surface area contributed by atoms with Gasteiger partial charge in [0.2, 0.25) is 0 Å². The van der Waals surface area contributed by atoms with Crippen LogP contribution >= 0.6 is 0 Å². The van der Waals surface area contributed by atoms with Crippen LogP contribution in [0.3, 0.4) is 0 Å². The molecule has 2 saturated heterocycles. The number of carbonyl (C=O) groups is 1. The highest BCUT2D eigenvalue weighted by molar-refractivity contribution is 6.39. The summed E-state index contributed by atoms with van der Waals surface area (Å²) in [5, 5.41) is 20.6. The molecule has 0 aromatic heterocycles. The van der Waals surface area contributed by atoms with Crippen molar-refractivity contribution in [3.05, 3.63) is 24.3 Å². The number of aliphatic imine (C=N–C) groups is 1. The van der Waals surface area contributed by atoms with Crippen LogP contribution < -0.4 is 4.90 Å². The van der Waals surface area contributed by atoms with Crippen LogP contribution in [-0.2, 0) is 4.79 Å². The summed E-state index contributed by atoms with van der Waals surface area (Å²) in [6, 6.07) is 9.57. The molecule has 3 aliphatic heterocycles. The second-order valence-corrected chi connectivity index (χ2v) is 9.53. The third-order valence-electron chi connectivity index (χ3n) is 7.78. The Hall–Kier alpha value is -1.92. The van der Waals surface area contributed by atoms with Gasteiger partial charge in [-0.3, -0.25) is 4.90 Å². The molecular formula is C24H33N3O3. The topological polar surface area (TPSA) is 76.4 Å². The van der Waals surface area contributed by atoms with Crippen LogP contribution in [0, 0.1) is 0 Å². The number of nitrogens with zero attached hydrogens (tertiary/aromatic N) is 3. The van der Waals surface area contributed by atoms with Crippen molar-refractivity contribution in [1.82, 2.24) is 4.90 Å². The first-order valence-electron chi connectivity index (χ1n) is 11.8. The van der Waals surface area contributed by atoms with Gasteiger partial charge in [0, 0.05) is 24.2 Å². The van der Waals surface area contributed by atoms with Crippen LogP contribution in [-0.4, -0.2) is 57.2 Å². The molecule has 3 heterocycles. The molecule has 1 aromatic rings. The number of para-hydroxylation sites is 2. The lowest BCUT2D eigenvalue weighted by Gasteiger charge is -2.49. The maximum absolute atomic E-state index is 11.7. The molecule has 30 heavy (non-hydrogen) atoms. The number of anilines is 1. The molecule has 5 rings (SSSR count). The molecular weight excluding hydrogens is 378 g/mol. The van der Waals surface area contributed by atoms with E-state index in [1.165, 1.54) is 57.8 Å². The Bertz CT molecular complexity index is 804. The Balaban J connectivity index is 1.39. The summed E-state index contributed by atoms with van der Waals surface area (Å²) in [7, 11) is 0. The number of carboxylic acids is 1. The van der Waals surface area contributed by atoms with Crippen molar-refractivity contribution >= 4 is 23.1 Å². The van der Waals surface area contributed by atoms with Gasteiger partial charge in [-0.1, -0.05) is 44.2 Å². The molecule has 1 saturated carbocycles. The van der Waals surface area contributed by atoms with E-state index in [0.29, 0.717) is 23.8 Å². The Kier molecular flexibility index (Phi) is 5.54. The molecule has 0 amide bonds. The second kappa shape index (κ2) is 8.31. The predicted molar refractivity (Wildman–Crippen MR) is 117 cm³/mol. The molecule has 3 fully saturated rings. The van der Waals surface area contributed by atoms with Crippen molar-refractivity contribution in [2.75, 3.05) is 4.90 Å². The van der Waals surface area contributed by atoms with Gasteiger partial charge >= 0.3 is 5.97 Å². The normalized spacial score (nSPS) is 32.8. The van der Waals surface area contributed by atoms with Gasteiger partial charge in [-0.05, 0) is 50.7 Å². The Morgan fingerprint density at radius 1 is 0.867 bits per heavy atom. The Morgan fingerprint density at radius 2 is 1.50 bits per heavy atom. The van der Waals surface area contributed by atoms with Gasteiger partial charge in [0.15, 0.2) is 11.9 Å². The fourth-order valence-corrected chi connectivity index (χ4v) is 6.52. The zero-order chi connectivity index (χ0) is 20.7. The van der Waals surface area contributed by atoms with Crippen molar-refractivity contribution in [2.45, 2.75) is 101 Å². The molecule has 4 atom stereocenters. The number of aliphatic carboxylic acids is 1. The molecule has 2 N–H and O–H groups in total. The number of hydrogen-bond acceptors (Lipinski definition) is 5. The quantitative estimate of drug-likeness (QED) is 0.783. The lowest BCUT2D eigenvalue weighted by atomic mass is 9.88. The SMILES string of the molecule is O=C(O)C1=Nc2ccccc2N(C2C[C@H]3CC[C@@H](C2)N3C2CCCCCCC2)C1O. The summed E-state index contributed by atoms with van der Waals surface area (Å²) in [5.74, 6) is -1.14. The zero-order valence-corrected chi connectivity index (χ0v) is 17.6. The lowest BCUT2D eigenvalue weighted by Crippen LogP contribution is -2.58. The Morgan fingerprint density at radius 3 is 2.17 bits per heavy atom. The summed E-state index contributed by atoms with van der Waals surface area (Å²) < 4.78 is 0. The lowest BCUT2D eigenvalue weighted by molar-refractivity contribution is -0.129. The van der Waals surface area contributed by atoms with E-state index in [9.17, 15) is 15.0 Å². The highest BCUT2D eigenvalue weighted by Crippen LogP contribution is 2.45. The van der Waals surface area contributed by atoms with E-state index in [0.717, 1.165) is 18.5 Å². The van der Waals surface area contributed by atoms with Gasteiger partial charge in [-0.15, -0.1) is 0 Å². The third-order valence-corrected chi connectivity index (χ3v) is 7.78. The standard InChI is InChI=1S/C24H33N3O3/c28-23-22(24(29)30)25-20-10-6-7-11-21(20)27(23)19-14-17-12-13-18(15-19)26(17)16-8-4-2-1-3-5-9-16/h6-7,10-11,16-19,23,28H,1-5,8-9,12-15H2,(H,29,30)/t17-,18+,19?,23?. The fourth-order valence-electron chi connectivity index (χ4n) is 6.52. The van der Waals surface area contributed by atoms with Crippen LogP contribution in [0.25, 0.3) is 0 Å². The fraction of sp³-hybridized carbons (Fsp3) is 0.667. The van der Waals surface area contributed by atoms with Gasteiger partial charge in [0.25, 0.3) is 0 Å². The highest BCUT2D eigenvalue weighted by atomic mass is 16.4. The largest absolute Gasteiger partial charge is 0.477 e. The van der Waals surface area contributed by atoms with Gasteiger partial charge in [-0.25, -0.2) is 9.79 Å². The zero-order valence-electron chi connectivity index (χ0n) is 17.6. The summed E-state index contributed by atoms with van der Waals surface area (Å²) in [4.78, 5) is 20.8. The smallest absolute Gasteiger partial charge is 0.355 e. The molecule has 1 aromatic carbocycles. The molecule has 2 unspecified atom stereocenters. The molecule has 2 bridgehead atoms. The van der Waals surface area contributed by atoms with Crippen molar-refractivity contribution in [2.24, 2.45) is 4.99 Å². The van der Waals surface area contributed by atoms with E-state index in [4.69, 9.17) is 0 Å². The molecule has 0 spiro atoms.